The first-order chi connectivity index (χ1) is 8.88. The maximum atomic E-state index is 5.98. The van der Waals surface area contributed by atoms with Gasteiger partial charge in [-0.1, -0.05) is 0 Å². The van der Waals surface area contributed by atoms with Gasteiger partial charge in [-0.15, -0.1) is 0 Å². The van der Waals surface area contributed by atoms with Crippen molar-refractivity contribution in [1.29, 1.82) is 0 Å². The van der Waals surface area contributed by atoms with Crippen LogP contribution in [0.25, 0.3) is 0 Å². The van der Waals surface area contributed by atoms with Crippen molar-refractivity contribution in [2.45, 2.75) is 52.4 Å². The van der Waals surface area contributed by atoms with Crippen LogP contribution < -0.4 is 10.6 Å². The number of nitrogens with two attached hydrogens (primary N) is 1. The first-order valence-corrected chi connectivity index (χ1v) is 7.07. The van der Waals surface area contributed by atoms with Crippen molar-refractivity contribution in [3.63, 3.8) is 0 Å². The third-order valence-electron chi connectivity index (χ3n) is 3.56. The molecule has 3 atom stereocenters. The fourth-order valence-electron chi connectivity index (χ4n) is 3.00. The number of anilines is 1. The lowest BCUT2D eigenvalue weighted by Gasteiger charge is -2.37. The molecule has 1 aliphatic heterocycles. The van der Waals surface area contributed by atoms with E-state index in [4.69, 9.17) is 10.5 Å². The summed E-state index contributed by atoms with van der Waals surface area (Å²) < 4.78 is 7.79. The Morgan fingerprint density at radius 1 is 1.37 bits per heavy atom. The van der Waals surface area contributed by atoms with Gasteiger partial charge in [-0.3, -0.25) is 4.68 Å². The highest BCUT2D eigenvalue weighted by molar-refractivity contribution is 5.51. The van der Waals surface area contributed by atoms with Crippen LogP contribution in [0, 0.1) is 6.92 Å². The van der Waals surface area contributed by atoms with Gasteiger partial charge in [0, 0.05) is 31.7 Å². The minimum atomic E-state index is 0.150. The summed E-state index contributed by atoms with van der Waals surface area (Å²) in [6, 6.07) is 0.150. The van der Waals surface area contributed by atoms with Crippen molar-refractivity contribution in [3.05, 3.63) is 11.3 Å². The van der Waals surface area contributed by atoms with Gasteiger partial charge in [0.15, 0.2) is 0 Å². The van der Waals surface area contributed by atoms with E-state index in [1.165, 1.54) is 11.4 Å². The van der Waals surface area contributed by atoms with Crippen molar-refractivity contribution in [2.24, 2.45) is 12.8 Å². The molecule has 0 aliphatic carbocycles. The molecule has 0 spiro atoms. The van der Waals surface area contributed by atoms with Gasteiger partial charge in [0.1, 0.15) is 5.82 Å². The van der Waals surface area contributed by atoms with E-state index in [1.807, 2.05) is 18.7 Å². The topological polar surface area (TPSA) is 56.3 Å². The summed E-state index contributed by atoms with van der Waals surface area (Å²) in [6.07, 6.45) is 1.37. The molecule has 1 saturated heterocycles. The average Bonchev–Trinajstić information content (AvgIpc) is 2.51. The fourth-order valence-corrected chi connectivity index (χ4v) is 3.00. The standard InChI is InChI=1S/C14H26N4O/c1-9(15)6-13-12(4)16-17(5)14(13)18-7-10(2)19-11(3)8-18/h9-11H,6-8,15H2,1-5H3/t9?,10-,11+. The van der Waals surface area contributed by atoms with E-state index in [9.17, 15) is 0 Å². The van der Waals surface area contributed by atoms with Crippen molar-refractivity contribution in [3.8, 4) is 0 Å². The van der Waals surface area contributed by atoms with E-state index in [2.05, 4.69) is 30.8 Å². The second-order valence-corrected chi connectivity index (χ2v) is 5.85. The highest BCUT2D eigenvalue weighted by Crippen LogP contribution is 2.27. The van der Waals surface area contributed by atoms with Crippen molar-refractivity contribution >= 4 is 5.82 Å². The van der Waals surface area contributed by atoms with E-state index in [1.54, 1.807) is 0 Å². The molecule has 0 saturated carbocycles. The quantitative estimate of drug-likeness (QED) is 0.894. The summed E-state index contributed by atoms with van der Waals surface area (Å²) >= 11 is 0. The Labute approximate surface area is 115 Å². The molecule has 108 valence electrons. The number of aryl methyl sites for hydroxylation is 2. The molecule has 19 heavy (non-hydrogen) atoms. The van der Waals surface area contributed by atoms with Gasteiger partial charge in [0.2, 0.25) is 0 Å². The largest absolute Gasteiger partial charge is 0.372 e. The maximum absolute atomic E-state index is 5.98. The number of rotatable bonds is 3. The summed E-state index contributed by atoms with van der Waals surface area (Å²) in [5.74, 6) is 1.21. The first-order valence-electron chi connectivity index (χ1n) is 7.07. The minimum Gasteiger partial charge on any atom is -0.372 e. The third kappa shape index (κ3) is 3.09. The molecule has 0 aromatic carbocycles. The lowest BCUT2D eigenvalue weighted by Crippen LogP contribution is -2.46. The van der Waals surface area contributed by atoms with Crippen LogP contribution in [0.4, 0.5) is 5.82 Å². The van der Waals surface area contributed by atoms with Gasteiger partial charge in [0.05, 0.1) is 17.9 Å². The molecule has 5 nitrogen and oxygen atoms in total. The Kier molecular flexibility index (Phi) is 4.16. The molecule has 0 amide bonds. The number of ether oxygens (including phenoxy) is 1. The van der Waals surface area contributed by atoms with E-state index in [0.717, 1.165) is 25.2 Å². The zero-order chi connectivity index (χ0) is 14.2. The van der Waals surface area contributed by atoms with Gasteiger partial charge in [0.25, 0.3) is 0 Å². The molecule has 1 aliphatic rings. The van der Waals surface area contributed by atoms with Crippen LogP contribution in [-0.2, 0) is 18.2 Å². The fraction of sp³-hybridized carbons (Fsp3) is 0.786. The predicted octanol–water partition coefficient (Wildman–Crippen LogP) is 1.23. The molecular formula is C14H26N4O. The number of nitrogens with zero attached hydrogens (tertiary/aromatic N) is 3. The SMILES string of the molecule is Cc1nn(C)c(N2C[C@@H](C)O[C@@H](C)C2)c1CC(C)N. The van der Waals surface area contributed by atoms with E-state index in [0.29, 0.717) is 0 Å². The molecule has 5 heteroatoms. The Morgan fingerprint density at radius 3 is 2.47 bits per heavy atom. The summed E-state index contributed by atoms with van der Waals surface area (Å²) in [5.41, 5.74) is 8.34. The van der Waals surface area contributed by atoms with E-state index < -0.39 is 0 Å². The Morgan fingerprint density at radius 2 is 1.95 bits per heavy atom. The minimum absolute atomic E-state index is 0.150. The van der Waals surface area contributed by atoms with Crippen LogP contribution in [0.2, 0.25) is 0 Å². The normalized spacial score (nSPS) is 25.7. The lowest BCUT2D eigenvalue weighted by molar-refractivity contribution is -0.00569. The second kappa shape index (κ2) is 5.51. The zero-order valence-electron chi connectivity index (χ0n) is 12.7. The van der Waals surface area contributed by atoms with Crippen molar-refractivity contribution in [1.82, 2.24) is 9.78 Å². The Bertz CT molecular complexity index is 431. The highest BCUT2D eigenvalue weighted by Gasteiger charge is 2.27. The van der Waals surface area contributed by atoms with Gasteiger partial charge >= 0.3 is 0 Å². The number of hydrogen-bond donors (Lipinski definition) is 1. The van der Waals surface area contributed by atoms with Crippen LogP contribution in [-0.4, -0.2) is 41.1 Å². The summed E-state index contributed by atoms with van der Waals surface area (Å²) in [7, 11) is 2.01. The predicted molar refractivity (Wildman–Crippen MR) is 77.5 cm³/mol. The lowest BCUT2D eigenvalue weighted by atomic mass is 10.1. The van der Waals surface area contributed by atoms with Crippen LogP contribution in [0.3, 0.4) is 0 Å². The molecule has 2 rings (SSSR count). The van der Waals surface area contributed by atoms with E-state index in [-0.39, 0.29) is 18.2 Å². The van der Waals surface area contributed by atoms with Gasteiger partial charge in [-0.2, -0.15) is 5.10 Å². The molecule has 2 N–H and O–H groups in total. The summed E-state index contributed by atoms with van der Waals surface area (Å²) in [5, 5.41) is 4.57. The van der Waals surface area contributed by atoms with E-state index >= 15 is 0 Å². The summed E-state index contributed by atoms with van der Waals surface area (Å²) in [6.45, 7) is 10.2. The second-order valence-electron chi connectivity index (χ2n) is 5.85. The molecule has 1 unspecified atom stereocenters. The first kappa shape index (κ1) is 14.3. The van der Waals surface area contributed by atoms with Crippen LogP contribution in [0.15, 0.2) is 0 Å². The third-order valence-corrected chi connectivity index (χ3v) is 3.56. The molecule has 0 bridgehead atoms. The Hall–Kier alpha value is -1.07. The van der Waals surface area contributed by atoms with Crippen LogP contribution in [0.1, 0.15) is 32.0 Å². The van der Waals surface area contributed by atoms with Gasteiger partial charge in [-0.05, 0) is 34.1 Å². The molecule has 1 aromatic rings. The summed E-state index contributed by atoms with van der Waals surface area (Å²) in [4.78, 5) is 2.39. The van der Waals surface area contributed by atoms with Gasteiger partial charge in [-0.25, -0.2) is 0 Å². The number of hydrogen-bond acceptors (Lipinski definition) is 4. The van der Waals surface area contributed by atoms with Gasteiger partial charge < -0.3 is 15.4 Å². The van der Waals surface area contributed by atoms with Crippen molar-refractivity contribution in [2.75, 3.05) is 18.0 Å². The highest BCUT2D eigenvalue weighted by atomic mass is 16.5. The molecule has 1 fully saturated rings. The molecule has 2 heterocycles. The molecular weight excluding hydrogens is 240 g/mol. The van der Waals surface area contributed by atoms with Crippen molar-refractivity contribution < 1.29 is 4.74 Å². The van der Waals surface area contributed by atoms with Crippen LogP contribution in [0.5, 0.6) is 0 Å². The number of aromatic nitrogens is 2. The maximum Gasteiger partial charge on any atom is 0.130 e. The molecule has 1 aromatic heterocycles. The molecule has 0 radical (unpaired) electrons. The van der Waals surface area contributed by atoms with Crippen LogP contribution >= 0.6 is 0 Å². The average molecular weight is 266 g/mol. The Balaban J connectivity index is 2.32. The monoisotopic (exact) mass is 266 g/mol. The number of morpholine rings is 1. The smallest absolute Gasteiger partial charge is 0.130 e. The zero-order valence-corrected chi connectivity index (χ0v) is 12.7.